The predicted molar refractivity (Wildman–Crippen MR) is 95.5 cm³/mol. The van der Waals surface area contributed by atoms with Gasteiger partial charge in [0.1, 0.15) is 0 Å². The molecule has 128 valence electrons. The van der Waals surface area contributed by atoms with Crippen molar-refractivity contribution in [2.45, 2.75) is 12.5 Å². The number of aromatic nitrogens is 2. The molecule has 6 heteroatoms. The Bertz CT molecular complexity index is 951. The number of benzene rings is 2. The van der Waals surface area contributed by atoms with Crippen molar-refractivity contribution >= 4 is 16.8 Å². The van der Waals surface area contributed by atoms with E-state index in [1.165, 1.54) is 11.6 Å². The Hall–Kier alpha value is -2.99. The van der Waals surface area contributed by atoms with Crippen LogP contribution in [0.1, 0.15) is 16.2 Å². The number of fused-ring (bicyclic) bond motifs is 1. The first-order valence-electron chi connectivity index (χ1n) is 8.01. The van der Waals surface area contributed by atoms with E-state index >= 15 is 0 Å². The van der Waals surface area contributed by atoms with Gasteiger partial charge in [-0.2, -0.15) is 0 Å². The van der Waals surface area contributed by atoms with Crippen LogP contribution in [0.4, 0.5) is 0 Å². The van der Waals surface area contributed by atoms with Crippen molar-refractivity contribution in [2.75, 3.05) is 6.61 Å². The number of amides is 1. The number of aliphatic hydroxyl groups is 1. The van der Waals surface area contributed by atoms with E-state index in [4.69, 9.17) is 0 Å². The van der Waals surface area contributed by atoms with Crippen LogP contribution < -0.4 is 10.9 Å². The molecule has 0 aliphatic rings. The quantitative estimate of drug-likeness (QED) is 0.734. The van der Waals surface area contributed by atoms with Crippen LogP contribution >= 0.6 is 0 Å². The molecular formula is C19H19N3O3. The molecule has 0 bridgehead atoms. The highest BCUT2D eigenvalue weighted by atomic mass is 16.3. The smallest absolute Gasteiger partial charge is 0.287 e. The van der Waals surface area contributed by atoms with E-state index in [2.05, 4.69) is 10.3 Å². The molecule has 2 N–H and O–H groups in total. The monoisotopic (exact) mass is 337 g/mol. The number of aliphatic hydroxyl groups excluding tert-OH is 1. The van der Waals surface area contributed by atoms with Crippen LogP contribution in [0.25, 0.3) is 10.9 Å². The topological polar surface area (TPSA) is 84.2 Å². The van der Waals surface area contributed by atoms with Crippen molar-refractivity contribution in [3.05, 3.63) is 76.3 Å². The average Bonchev–Trinajstić information content (AvgIpc) is 2.64. The SMILES string of the molecule is Cn1c(C(=O)NC(CO)Cc2ccccc2)nc2ccccc2c1=O. The predicted octanol–water partition coefficient (Wildman–Crippen LogP) is 1.27. The Morgan fingerprint density at radius 1 is 1.16 bits per heavy atom. The fourth-order valence-corrected chi connectivity index (χ4v) is 2.73. The van der Waals surface area contributed by atoms with E-state index < -0.39 is 11.9 Å². The van der Waals surface area contributed by atoms with E-state index in [1.54, 1.807) is 24.3 Å². The first-order valence-corrected chi connectivity index (χ1v) is 8.01. The molecule has 3 rings (SSSR count). The highest BCUT2D eigenvalue weighted by Crippen LogP contribution is 2.08. The minimum absolute atomic E-state index is 0.0233. The second-order valence-corrected chi connectivity index (χ2v) is 5.86. The van der Waals surface area contributed by atoms with Crippen LogP contribution in [0.2, 0.25) is 0 Å². The van der Waals surface area contributed by atoms with Crippen molar-refractivity contribution in [3.8, 4) is 0 Å². The Morgan fingerprint density at radius 3 is 2.56 bits per heavy atom. The highest BCUT2D eigenvalue weighted by Gasteiger charge is 2.18. The lowest BCUT2D eigenvalue weighted by atomic mass is 10.1. The maximum Gasteiger partial charge on any atom is 0.287 e. The van der Waals surface area contributed by atoms with Gasteiger partial charge in [-0.05, 0) is 24.1 Å². The van der Waals surface area contributed by atoms with Gasteiger partial charge in [-0.1, -0.05) is 42.5 Å². The average molecular weight is 337 g/mol. The fraction of sp³-hybridized carbons (Fsp3) is 0.211. The zero-order valence-electron chi connectivity index (χ0n) is 13.8. The summed E-state index contributed by atoms with van der Waals surface area (Å²) >= 11 is 0. The molecule has 0 aliphatic heterocycles. The number of para-hydroxylation sites is 1. The van der Waals surface area contributed by atoms with E-state index in [0.717, 1.165) is 5.56 Å². The second kappa shape index (κ2) is 7.27. The van der Waals surface area contributed by atoms with Crippen LogP contribution in [0.3, 0.4) is 0 Å². The van der Waals surface area contributed by atoms with Crippen molar-refractivity contribution in [1.29, 1.82) is 0 Å². The van der Waals surface area contributed by atoms with Crippen molar-refractivity contribution in [3.63, 3.8) is 0 Å². The van der Waals surface area contributed by atoms with E-state index in [0.29, 0.717) is 17.3 Å². The zero-order valence-corrected chi connectivity index (χ0v) is 13.8. The van der Waals surface area contributed by atoms with Gasteiger partial charge in [0.05, 0.1) is 23.6 Å². The Morgan fingerprint density at radius 2 is 1.84 bits per heavy atom. The largest absolute Gasteiger partial charge is 0.394 e. The summed E-state index contributed by atoms with van der Waals surface area (Å²) in [4.78, 5) is 29.3. The van der Waals surface area contributed by atoms with Gasteiger partial charge in [-0.15, -0.1) is 0 Å². The second-order valence-electron chi connectivity index (χ2n) is 5.86. The summed E-state index contributed by atoms with van der Waals surface area (Å²) in [6.45, 7) is -0.206. The minimum Gasteiger partial charge on any atom is -0.394 e. The van der Waals surface area contributed by atoms with Gasteiger partial charge in [0, 0.05) is 7.05 Å². The van der Waals surface area contributed by atoms with Crippen LogP contribution in [-0.2, 0) is 13.5 Å². The molecule has 1 aromatic heterocycles. The third-order valence-corrected chi connectivity index (χ3v) is 4.07. The lowest BCUT2D eigenvalue weighted by Gasteiger charge is -2.17. The van der Waals surface area contributed by atoms with Gasteiger partial charge in [0.2, 0.25) is 5.82 Å². The summed E-state index contributed by atoms with van der Waals surface area (Å²) < 4.78 is 1.23. The Kier molecular flexibility index (Phi) is 4.90. The third-order valence-electron chi connectivity index (χ3n) is 4.07. The van der Waals surface area contributed by atoms with Crippen molar-refractivity contribution < 1.29 is 9.90 Å². The number of nitrogens with one attached hydrogen (secondary N) is 1. The van der Waals surface area contributed by atoms with E-state index in [9.17, 15) is 14.7 Å². The number of nitrogens with zero attached hydrogens (tertiary/aromatic N) is 2. The van der Waals surface area contributed by atoms with Crippen LogP contribution in [-0.4, -0.2) is 33.2 Å². The fourth-order valence-electron chi connectivity index (χ4n) is 2.73. The zero-order chi connectivity index (χ0) is 17.8. The van der Waals surface area contributed by atoms with E-state index in [-0.39, 0.29) is 18.0 Å². The lowest BCUT2D eigenvalue weighted by molar-refractivity contribution is 0.0901. The molecule has 3 aromatic rings. The molecule has 6 nitrogen and oxygen atoms in total. The summed E-state index contributed by atoms with van der Waals surface area (Å²) in [7, 11) is 1.52. The number of hydrogen-bond acceptors (Lipinski definition) is 4. The lowest BCUT2D eigenvalue weighted by Crippen LogP contribution is -2.41. The Labute approximate surface area is 144 Å². The first-order chi connectivity index (χ1) is 12.1. The van der Waals surface area contributed by atoms with Gasteiger partial charge in [0.15, 0.2) is 0 Å². The summed E-state index contributed by atoms with van der Waals surface area (Å²) in [5.74, 6) is -0.462. The van der Waals surface area contributed by atoms with Gasteiger partial charge in [-0.25, -0.2) is 4.98 Å². The molecule has 1 atom stereocenters. The maximum absolute atomic E-state index is 12.6. The Balaban J connectivity index is 1.86. The summed E-state index contributed by atoms with van der Waals surface area (Å²) in [6, 6.07) is 16.0. The number of hydrogen-bond donors (Lipinski definition) is 2. The van der Waals surface area contributed by atoms with Gasteiger partial charge < -0.3 is 10.4 Å². The minimum atomic E-state index is -0.486. The molecule has 0 radical (unpaired) electrons. The standard InChI is InChI=1S/C19H19N3O3/c1-22-17(21-16-10-6-5-9-15(16)19(22)25)18(24)20-14(12-23)11-13-7-3-2-4-8-13/h2-10,14,23H,11-12H2,1H3,(H,20,24). The molecule has 1 amide bonds. The van der Waals surface area contributed by atoms with E-state index in [1.807, 2.05) is 30.3 Å². The van der Waals surface area contributed by atoms with Gasteiger partial charge >= 0.3 is 0 Å². The number of carbonyl (C=O) groups is 1. The number of carbonyl (C=O) groups excluding carboxylic acids is 1. The third kappa shape index (κ3) is 3.59. The maximum atomic E-state index is 12.6. The molecule has 0 saturated carbocycles. The summed E-state index contributed by atoms with van der Waals surface area (Å²) in [5.41, 5.74) is 1.20. The summed E-state index contributed by atoms with van der Waals surface area (Å²) in [5, 5.41) is 12.8. The first kappa shape index (κ1) is 16.9. The number of rotatable bonds is 5. The molecular weight excluding hydrogens is 318 g/mol. The molecule has 1 unspecified atom stereocenters. The molecule has 1 heterocycles. The normalized spacial score (nSPS) is 12.1. The van der Waals surface area contributed by atoms with Crippen LogP contribution in [0.5, 0.6) is 0 Å². The molecule has 25 heavy (non-hydrogen) atoms. The highest BCUT2D eigenvalue weighted by molar-refractivity contribution is 5.93. The van der Waals surface area contributed by atoms with Gasteiger partial charge in [0.25, 0.3) is 11.5 Å². The summed E-state index contributed by atoms with van der Waals surface area (Å²) in [6.07, 6.45) is 0.491. The molecule has 0 spiro atoms. The van der Waals surface area contributed by atoms with Gasteiger partial charge in [-0.3, -0.25) is 14.2 Å². The molecule has 0 saturated heterocycles. The molecule has 2 aromatic carbocycles. The molecule has 0 aliphatic carbocycles. The van der Waals surface area contributed by atoms with Crippen LogP contribution in [0.15, 0.2) is 59.4 Å². The van der Waals surface area contributed by atoms with Crippen molar-refractivity contribution in [2.24, 2.45) is 7.05 Å². The van der Waals surface area contributed by atoms with Crippen LogP contribution in [0, 0.1) is 0 Å². The van der Waals surface area contributed by atoms with Crippen molar-refractivity contribution in [1.82, 2.24) is 14.9 Å². The molecule has 0 fully saturated rings.